The molecule has 1 aliphatic carbocycles. The molecule has 0 spiro atoms. The Morgan fingerprint density at radius 1 is 1.48 bits per heavy atom. The predicted molar refractivity (Wildman–Crippen MR) is 77.9 cm³/mol. The highest BCUT2D eigenvalue weighted by molar-refractivity contribution is 5.76. The van der Waals surface area contributed by atoms with Crippen molar-refractivity contribution in [2.45, 2.75) is 52.3 Å². The second-order valence-electron chi connectivity index (χ2n) is 6.82. The van der Waals surface area contributed by atoms with Crippen molar-refractivity contribution in [2.24, 2.45) is 5.41 Å². The number of hydrogen-bond donors (Lipinski definition) is 1. The molecule has 23 heavy (non-hydrogen) atoms. The summed E-state index contributed by atoms with van der Waals surface area (Å²) in [6, 6.07) is 1.73. The first-order chi connectivity index (χ1) is 10.6. The van der Waals surface area contributed by atoms with Gasteiger partial charge in [0.15, 0.2) is 0 Å². The van der Waals surface area contributed by atoms with Crippen LogP contribution in [0.2, 0.25) is 0 Å². The second kappa shape index (κ2) is 6.55. The number of fused-ring (bicyclic) bond motifs is 1. The van der Waals surface area contributed by atoms with Gasteiger partial charge in [0.1, 0.15) is 18.1 Å². The van der Waals surface area contributed by atoms with Gasteiger partial charge in [-0.2, -0.15) is 13.2 Å². The first-order valence-electron chi connectivity index (χ1n) is 7.59. The highest BCUT2D eigenvalue weighted by Gasteiger charge is 2.35. The number of furan rings is 1. The van der Waals surface area contributed by atoms with E-state index in [2.05, 4.69) is 23.9 Å². The Kier molecular flexibility index (Phi) is 5.08. The Labute approximate surface area is 133 Å². The van der Waals surface area contributed by atoms with Crippen molar-refractivity contribution < 1.29 is 27.1 Å². The fourth-order valence-electron chi connectivity index (χ4n) is 2.93. The Hall–Kier alpha value is -1.50. The van der Waals surface area contributed by atoms with E-state index in [9.17, 15) is 18.0 Å². The number of rotatable bonds is 5. The van der Waals surface area contributed by atoms with Gasteiger partial charge in [0.2, 0.25) is 5.91 Å². The van der Waals surface area contributed by atoms with E-state index in [-0.39, 0.29) is 30.4 Å². The topological polar surface area (TPSA) is 51.5 Å². The third-order valence-electron chi connectivity index (χ3n) is 3.81. The zero-order chi connectivity index (χ0) is 17.3. The minimum absolute atomic E-state index is 0.0119. The summed E-state index contributed by atoms with van der Waals surface area (Å²) in [6.07, 6.45) is -2.91. The third kappa shape index (κ3) is 5.27. The van der Waals surface area contributed by atoms with Crippen LogP contribution in [-0.2, 0) is 16.0 Å². The monoisotopic (exact) mass is 333 g/mol. The molecular formula is C16H22F3NO3. The van der Waals surface area contributed by atoms with Crippen molar-refractivity contribution in [3.63, 3.8) is 0 Å². The SMILES string of the molecule is Cc1cc2c(o1)CC(C)(C)CC2NC(=O)CCOCC(F)(F)F. The summed E-state index contributed by atoms with van der Waals surface area (Å²) in [5.74, 6) is 1.34. The molecule has 1 aromatic heterocycles. The number of carbonyl (C=O) groups is 1. The standard InChI is InChI=1S/C16H22F3NO3/c1-10-6-11-12(7-15(2,3)8-13(11)23-10)20-14(21)4-5-22-9-16(17,18)19/h6,12H,4-5,7-9H2,1-3H3,(H,20,21). The summed E-state index contributed by atoms with van der Waals surface area (Å²) in [4.78, 5) is 12.0. The average Bonchev–Trinajstić information content (AvgIpc) is 2.72. The zero-order valence-corrected chi connectivity index (χ0v) is 13.5. The van der Waals surface area contributed by atoms with Gasteiger partial charge in [0.25, 0.3) is 0 Å². The number of ether oxygens (including phenoxy) is 1. The zero-order valence-electron chi connectivity index (χ0n) is 13.5. The van der Waals surface area contributed by atoms with Gasteiger partial charge in [-0.05, 0) is 24.8 Å². The van der Waals surface area contributed by atoms with Crippen LogP contribution >= 0.6 is 0 Å². The molecular weight excluding hydrogens is 311 g/mol. The lowest BCUT2D eigenvalue weighted by molar-refractivity contribution is -0.174. The molecule has 1 unspecified atom stereocenters. The molecule has 7 heteroatoms. The number of hydrogen-bond acceptors (Lipinski definition) is 3. The highest BCUT2D eigenvalue weighted by Crippen LogP contribution is 2.41. The smallest absolute Gasteiger partial charge is 0.411 e. The predicted octanol–water partition coefficient (Wildman–Crippen LogP) is 3.69. The number of nitrogens with one attached hydrogen (secondary N) is 1. The Morgan fingerprint density at radius 3 is 2.83 bits per heavy atom. The number of aryl methyl sites for hydroxylation is 1. The quantitative estimate of drug-likeness (QED) is 0.836. The van der Waals surface area contributed by atoms with Crippen molar-refractivity contribution in [3.8, 4) is 0 Å². The second-order valence-corrected chi connectivity index (χ2v) is 6.82. The molecule has 2 rings (SSSR count). The van der Waals surface area contributed by atoms with Crippen LogP contribution in [0, 0.1) is 12.3 Å². The van der Waals surface area contributed by atoms with Gasteiger partial charge in [0, 0.05) is 18.4 Å². The van der Waals surface area contributed by atoms with Crippen LogP contribution in [0.15, 0.2) is 10.5 Å². The van der Waals surface area contributed by atoms with Crippen LogP contribution in [-0.4, -0.2) is 25.3 Å². The summed E-state index contributed by atoms with van der Waals surface area (Å²) >= 11 is 0. The summed E-state index contributed by atoms with van der Waals surface area (Å²) in [5.41, 5.74) is 0.952. The maximum absolute atomic E-state index is 12.0. The Morgan fingerprint density at radius 2 is 2.17 bits per heavy atom. The number of carbonyl (C=O) groups excluding carboxylic acids is 1. The summed E-state index contributed by atoms with van der Waals surface area (Å²) < 4.78 is 46.1. The molecule has 130 valence electrons. The molecule has 1 heterocycles. The van der Waals surface area contributed by atoms with Crippen LogP contribution in [0.25, 0.3) is 0 Å². The van der Waals surface area contributed by atoms with E-state index in [0.29, 0.717) is 0 Å². The molecule has 0 saturated heterocycles. The van der Waals surface area contributed by atoms with E-state index >= 15 is 0 Å². The van der Waals surface area contributed by atoms with E-state index in [0.717, 1.165) is 29.9 Å². The molecule has 0 saturated carbocycles. The largest absolute Gasteiger partial charge is 0.466 e. The van der Waals surface area contributed by atoms with Gasteiger partial charge in [-0.1, -0.05) is 13.8 Å². The molecule has 4 nitrogen and oxygen atoms in total. The van der Waals surface area contributed by atoms with E-state index in [1.54, 1.807) is 0 Å². The lowest BCUT2D eigenvalue weighted by Crippen LogP contribution is -2.36. The van der Waals surface area contributed by atoms with Gasteiger partial charge < -0.3 is 14.5 Å². The minimum Gasteiger partial charge on any atom is -0.466 e. The van der Waals surface area contributed by atoms with Gasteiger partial charge in [0.05, 0.1) is 12.6 Å². The van der Waals surface area contributed by atoms with Crippen LogP contribution in [0.5, 0.6) is 0 Å². The van der Waals surface area contributed by atoms with Crippen LogP contribution < -0.4 is 5.32 Å². The molecule has 1 N–H and O–H groups in total. The molecule has 0 radical (unpaired) electrons. The highest BCUT2D eigenvalue weighted by atomic mass is 19.4. The fourth-order valence-corrected chi connectivity index (χ4v) is 2.93. The van der Waals surface area contributed by atoms with E-state index in [4.69, 9.17) is 4.42 Å². The Bertz CT molecular complexity index is 563. The molecule has 0 fully saturated rings. The maximum atomic E-state index is 12.0. The molecule has 1 amide bonds. The fraction of sp³-hybridized carbons (Fsp3) is 0.688. The van der Waals surface area contributed by atoms with Crippen molar-refractivity contribution in [2.75, 3.05) is 13.2 Å². The van der Waals surface area contributed by atoms with Crippen LogP contribution in [0.3, 0.4) is 0 Å². The summed E-state index contributed by atoms with van der Waals surface area (Å²) in [6.45, 7) is 4.47. The van der Waals surface area contributed by atoms with Gasteiger partial charge in [-0.25, -0.2) is 0 Å². The van der Waals surface area contributed by atoms with E-state index < -0.39 is 12.8 Å². The molecule has 1 atom stereocenters. The van der Waals surface area contributed by atoms with E-state index in [1.165, 1.54) is 0 Å². The van der Waals surface area contributed by atoms with Gasteiger partial charge in [-0.15, -0.1) is 0 Å². The van der Waals surface area contributed by atoms with Gasteiger partial charge in [-0.3, -0.25) is 4.79 Å². The first-order valence-corrected chi connectivity index (χ1v) is 7.59. The molecule has 1 aliphatic rings. The van der Waals surface area contributed by atoms with Crippen molar-refractivity contribution >= 4 is 5.91 Å². The van der Waals surface area contributed by atoms with Crippen LogP contribution in [0.4, 0.5) is 13.2 Å². The molecule has 1 aromatic rings. The minimum atomic E-state index is -4.37. The maximum Gasteiger partial charge on any atom is 0.411 e. The molecule has 0 bridgehead atoms. The Balaban J connectivity index is 1.90. The first kappa shape index (κ1) is 17.8. The lowest BCUT2D eigenvalue weighted by Gasteiger charge is -2.34. The molecule has 0 aromatic carbocycles. The normalized spacial score (nSPS) is 20.2. The number of amides is 1. The average molecular weight is 333 g/mol. The molecule has 0 aliphatic heterocycles. The number of alkyl halides is 3. The summed E-state index contributed by atoms with van der Waals surface area (Å²) in [5, 5.41) is 2.88. The number of halogens is 3. The van der Waals surface area contributed by atoms with Crippen molar-refractivity contribution in [1.29, 1.82) is 0 Å². The van der Waals surface area contributed by atoms with Crippen LogP contribution in [0.1, 0.15) is 49.8 Å². The van der Waals surface area contributed by atoms with E-state index in [1.807, 2.05) is 13.0 Å². The van der Waals surface area contributed by atoms with Gasteiger partial charge >= 0.3 is 6.18 Å². The van der Waals surface area contributed by atoms with Crippen molar-refractivity contribution in [1.82, 2.24) is 5.32 Å². The lowest BCUT2D eigenvalue weighted by atomic mass is 9.74. The van der Waals surface area contributed by atoms with Crippen molar-refractivity contribution in [3.05, 3.63) is 23.2 Å². The third-order valence-corrected chi connectivity index (χ3v) is 3.81. The summed E-state index contributed by atoms with van der Waals surface area (Å²) in [7, 11) is 0.